The summed E-state index contributed by atoms with van der Waals surface area (Å²) in [6, 6.07) is 5.92. The number of methoxy groups -OCH3 is 1. The molecule has 0 aliphatic heterocycles. The fraction of sp³-hybridized carbons (Fsp3) is 0.0769. The third-order valence-electron chi connectivity index (χ3n) is 2.44. The van der Waals surface area contributed by atoms with Crippen LogP contribution < -0.4 is 15.8 Å². The molecule has 0 spiro atoms. The van der Waals surface area contributed by atoms with Crippen LogP contribution in [0.5, 0.6) is 5.75 Å². The number of aromatic nitrogens is 1. The molecule has 1 aromatic carbocycles. The maximum atomic E-state index is 13.0. The van der Waals surface area contributed by atoms with Gasteiger partial charge in [-0.25, -0.2) is 4.39 Å². The SMILES string of the molecule is COc1cc(N)ccc1NC(=O)c1cncc(F)c1. The molecule has 0 unspecified atom stereocenters. The van der Waals surface area contributed by atoms with Crippen LogP contribution in [0.2, 0.25) is 0 Å². The van der Waals surface area contributed by atoms with E-state index in [9.17, 15) is 9.18 Å². The zero-order valence-corrected chi connectivity index (χ0v) is 10.2. The predicted molar refractivity (Wildman–Crippen MR) is 69.6 cm³/mol. The zero-order valence-electron chi connectivity index (χ0n) is 10.2. The molecular weight excluding hydrogens is 249 g/mol. The number of nitrogens with two attached hydrogens (primary N) is 1. The van der Waals surface area contributed by atoms with Gasteiger partial charge in [-0.3, -0.25) is 9.78 Å². The fourth-order valence-corrected chi connectivity index (χ4v) is 1.54. The Bertz CT molecular complexity index is 617. The van der Waals surface area contributed by atoms with E-state index in [2.05, 4.69) is 10.3 Å². The molecule has 1 aromatic heterocycles. The minimum Gasteiger partial charge on any atom is -0.494 e. The van der Waals surface area contributed by atoms with E-state index in [1.54, 1.807) is 18.2 Å². The smallest absolute Gasteiger partial charge is 0.257 e. The third kappa shape index (κ3) is 2.98. The molecule has 1 heterocycles. The average molecular weight is 261 g/mol. The van der Waals surface area contributed by atoms with Crippen LogP contribution in [0.3, 0.4) is 0 Å². The zero-order chi connectivity index (χ0) is 13.8. The first kappa shape index (κ1) is 12.8. The lowest BCUT2D eigenvalue weighted by molar-refractivity contribution is 0.102. The molecule has 0 bridgehead atoms. The van der Waals surface area contributed by atoms with E-state index in [1.165, 1.54) is 13.3 Å². The molecule has 0 atom stereocenters. The van der Waals surface area contributed by atoms with Gasteiger partial charge < -0.3 is 15.8 Å². The van der Waals surface area contributed by atoms with Crippen LogP contribution in [-0.2, 0) is 0 Å². The molecule has 0 aliphatic carbocycles. The number of nitrogen functional groups attached to an aromatic ring is 1. The first-order chi connectivity index (χ1) is 9.10. The summed E-state index contributed by atoms with van der Waals surface area (Å²) < 4.78 is 18.1. The van der Waals surface area contributed by atoms with Crippen molar-refractivity contribution in [3.63, 3.8) is 0 Å². The molecule has 2 aromatic rings. The molecule has 19 heavy (non-hydrogen) atoms. The van der Waals surface area contributed by atoms with Gasteiger partial charge in [0.25, 0.3) is 5.91 Å². The quantitative estimate of drug-likeness (QED) is 0.829. The molecule has 3 N–H and O–H groups in total. The normalized spacial score (nSPS) is 10.0. The lowest BCUT2D eigenvalue weighted by Crippen LogP contribution is -2.13. The molecule has 5 nitrogen and oxygen atoms in total. The van der Waals surface area contributed by atoms with Gasteiger partial charge in [-0.1, -0.05) is 0 Å². The van der Waals surface area contributed by atoms with E-state index < -0.39 is 11.7 Å². The Hall–Kier alpha value is -2.63. The van der Waals surface area contributed by atoms with Gasteiger partial charge in [0, 0.05) is 18.0 Å². The number of pyridine rings is 1. The number of amides is 1. The van der Waals surface area contributed by atoms with Crippen LogP contribution in [0, 0.1) is 5.82 Å². The number of anilines is 2. The van der Waals surface area contributed by atoms with E-state index >= 15 is 0 Å². The number of nitrogens with one attached hydrogen (secondary N) is 1. The Morgan fingerprint density at radius 2 is 2.16 bits per heavy atom. The Morgan fingerprint density at radius 3 is 2.84 bits per heavy atom. The van der Waals surface area contributed by atoms with Crippen molar-refractivity contribution in [2.75, 3.05) is 18.2 Å². The van der Waals surface area contributed by atoms with Crippen LogP contribution in [-0.4, -0.2) is 18.0 Å². The maximum Gasteiger partial charge on any atom is 0.257 e. The highest BCUT2D eigenvalue weighted by molar-refractivity contribution is 6.04. The number of ether oxygens (including phenoxy) is 1. The summed E-state index contributed by atoms with van der Waals surface area (Å²) in [5.74, 6) is -0.621. The number of rotatable bonds is 3. The molecule has 0 saturated heterocycles. The molecule has 2 rings (SSSR count). The Balaban J connectivity index is 2.24. The van der Waals surface area contributed by atoms with Crippen LogP contribution in [0.1, 0.15) is 10.4 Å². The first-order valence-electron chi connectivity index (χ1n) is 5.45. The summed E-state index contributed by atoms with van der Waals surface area (Å²) >= 11 is 0. The van der Waals surface area contributed by atoms with Crippen molar-refractivity contribution in [2.24, 2.45) is 0 Å². The van der Waals surface area contributed by atoms with Crippen LogP contribution in [0.4, 0.5) is 15.8 Å². The number of carbonyl (C=O) groups is 1. The Kier molecular flexibility index (Phi) is 3.61. The van der Waals surface area contributed by atoms with Crippen molar-refractivity contribution >= 4 is 17.3 Å². The van der Waals surface area contributed by atoms with E-state index in [1.807, 2.05) is 0 Å². The van der Waals surface area contributed by atoms with Gasteiger partial charge in [-0.2, -0.15) is 0 Å². The molecule has 0 saturated carbocycles. The second-order valence-corrected chi connectivity index (χ2v) is 3.81. The van der Waals surface area contributed by atoms with E-state index in [4.69, 9.17) is 10.5 Å². The summed E-state index contributed by atoms with van der Waals surface area (Å²) in [5, 5.41) is 2.61. The minimum absolute atomic E-state index is 0.124. The highest BCUT2D eigenvalue weighted by Crippen LogP contribution is 2.26. The minimum atomic E-state index is -0.572. The van der Waals surface area contributed by atoms with Crippen LogP contribution >= 0.6 is 0 Å². The summed E-state index contributed by atoms with van der Waals surface area (Å²) in [5.41, 5.74) is 6.70. The summed E-state index contributed by atoms with van der Waals surface area (Å²) in [7, 11) is 1.47. The second-order valence-electron chi connectivity index (χ2n) is 3.81. The number of nitrogens with zero attached hydrogens (tertiary/aromatic N) is 1. The van der Waals surface area contributed by atoms with Gasteiger partial charge in [0.2, 0.25) is 0 Å². The summed E-state index contributed by atoms with van der Waals surface area (Å²) in [4.78, 5) is 15.5. The predicted octanol–water partition coefficient (Wildman–Crippen LogP) is 2.06. The van der Waals surface area contributed by atoms with Gasteiger partial charge >= 0.3 is 0 Å². The van der Waals surface area contributed by atoms with Gasteiger partial charge in [0.05, 0.1) is 24.6 Å². The summed E-state index contributed by atoms with van der Waals surface area (Å²) in [6.07, 6.45) is 2.31. The summed E-state index contributed by atoms with van der Waals surface area (Å²) in [6.45, 7) is 0. The first-order valence-corrected chi connectivity index (χ1v) is 5.45. The lowest BCUT2D eigenvalue weighted by atomic mass is 10.2. The number of carbonyl (C=O) groups excluding carboxylic acids is 1. The molecule has 6 heteroatoms. The molecule has 0 aliphatic rings. The molecular formula is C13H12FN3O2. The topological polar surface area (TPSA) is 77.2 Å². The number of hydrogen-bond acceptors (Lipinski definition) is 4. The Morgan fingerprint density at radius 1 is 1.37 bits per heavy atom. The monoisotopic (exact) mass is 261 g/mol. The van der Waals surface area contributed by atoms with Crippen molar-refractivity contribution < 1.29 is 13.9 Å². The lowest BCUT2D eigenvalue weighted by Gasteiger charge is -2.10. The molecule has 0 radical (unpaired) electrons. The van der Waals surface area contributed by atoms with Crippen molar-refractivity contribution in [3.05, 3.63) is 48.0 Å². The molecule has 0 fully saturated rings. The number of halogens is 1. The standard InChI is InChI=1S/C13H12FN3O2/c1-19-12-5-10(15)2-3-11(12)17-13(18)8-4-9(14)7-16-6-8/h2-7H,15H2,1H3,(H,17,18). The largest absolute Gasteiger partial charge is 0.494 e. The second kappa shape index (κ2) is 5.34. The maximum absolute atomic E-state index is 13.0. The number of hydrogen-bond donors (Lipinski definition) is 2. The van der Waals surface area contributed by atoms with Crippen molar-refractivity contribution in [1.82, 2.24) is 4.98 Å². The van der Waals surface area contributed by atoms with Gasteiger partial charge in [-0.15, -0.1) is 0 Å². The highest BCUT2D eigenvalue weighted by atomic mass is 19.1. The molecule has 98 valence electrons. The fourth-order valence-electron chi connectivity index (χ4n) is 1.54. The van der Waals surface area contributed by atoms with Gasteiger partial charge in [0.1, 0.15) is 11.6 Å². The van der Waals surface area contributed by atoms with Crippen LogP contribution in [0.25, 0.3) is 0 Å². The van der Waals surface area contributed by atoms with Crippen molar-refractivity contribution in [1.29, 1.82) is 0 Å². The van der Waals surface area contributed by atoms with Gasteiger partial charge in [0.15, 0.2) is 0 Å². The van der Waals surface area contributed by atoms with Gasteiger partial charge in [-0.05, 0) is 18.2 Å². The molecule has 1 amide bonds. The van der Waals surface area contributed by atoms with E-state index in [0.717, 1.165) is 12.3 Å². The number of benzene rings is 1. The average Bonchev–Trinajstić information content (AvgIpc) is 2.40. The highest BCUT2D eigenvalue weighted by Gasteiger charge is 2.11. The van der Waals surface area contributed by atoms with Crippen molar-refractivity contribution in [2.45, 2.75) is 0 Å². The van der Waals surface area contributed by atoms with E-state index in [-0.39, 0.29) is 5.56 Å². The Labute approximate surface area is 109 Å². The van der Waals surface area contributed by atoms with E-state index in [0.29, 0.717) is 17.1 Å². The van der Waals surface area contributed by atoms with Crippen LogP contribution in [0.15, 0.2) is 36.7 Å². The van der Waals surface area contributed by atoms with Crippen molar-refractivity contribution in [3.8, 4) is 5.75 Å². The third-order valence-corrected chi connectivity index (χ3v) is 2.44.